The third-order valence-electron chi connectivity index (χ3n) is 5.85. The van der Waals surface area contributed by atoms with E-state index in [4.69, 9.17) is 4.74 Å². The van der Waals surface area contributed by atoms with Gasteiger partial charge in [0, 0.05) is 0 Å². The molecule has 0 aromatic rings. The van der Waals surface area contributed by atoms with Gasteiger partial charge in [0.15, 0.2) is 0 Å². The molecule has 1 nitrogen and oxygen atoms in total. The second kappa shape index (κ2) is 3.00. The Morgan fingerprint density at radius 1 is 0.933 bits per heavy atom. The van der Waals surface area contributed by atoms with Gasteiger partial charge in [0.2, 0.25) is 0 Å². The predicted molar refractivity (Wildman–Crippen MR) is 59.5 cm³/mol. The van der Waals surface area contributed by atoms with E-state index in [2.05, 4.69) is 6.92 Å². The van der Waals surface area contributed by atoms with Crippen LogP contribution in [0.2, 0.25) is 0 Å². The quantitative estimate of drug-likeness (QED) is 0.632. The Bertz CT molecular complexity index is 273. The largest absolute Gasteiger partial charge is 0.370 e. The van der Waals surface area contributed by atoms with Crippen LogP contribution in [0.3, 0.4) is 0 Å². The number of fused-ring (bicyclic) bond motifs is 6. The van der Waals surface area contributed by atoms with Crippen molar-refractivity contribution in [1.29, 1.82) is 0 Å². The van der Waals surface area contributed by atoms with Crippen molar-refractivity contribution < 1.29 is 4.74 Å². The molecule has 4 aliphatic rings. The zero-order valence-corrected chi connectivity index (χ0v) is 9.69. The first-order valence-electron chi connectivity index (χ1n) is 7.02. The summed E-state index contributed by atoms with van der Waals surface area (Å²) in [7, 11) is 0. The standard InChI is InChI=1S/C14H22O/c1-2-3-8-4-9-5-10(8)12-7-14-13(15-14)6-11(9)12/h8-14H,2-7H2,1H3. The van der Waals surface area contributed by atoms with Gasteiger partial charge in [-0.15, -0.1) is 0 Å². The van der Waals surface area contributed by atoms with Gasteiger partial charge in [0.05, 0.1) is 12.2 Å². The normalized spacial score (nSPS) is 60.2. The van der Waals surface area contributed by atoms with Gasteiger partial charge in [-0.1, -0.05) is 19.8 Å². The molecule has 4 fully saturated rings. The lowest BCUT2D eigenvalue weighted by atomic mass is 9.67. The molecule has 1 heteroatoms. The summed E-state index contributed by atoms with van der Waals surface area (Å²) in [5, 5.41) is 0. The minimum Gasteiger partial charge on any atom is -0.370 e. The molecule has 1 aliphatic heterocycles. The summed E-state index contributed by atoms with van der Waals surface area (Å²) < 4.78 is 5.73. The van der Waals surface area contributed by atoms with E-state index in [0.717, 1.165) is 29.6 Å². The Labute approximate surface area is 92.6 Å². The van der Waals surface area contributed by atoms with Gasteiger partial charge in [-0.3, -0.25) is 0 Å². The third kappa shape index (κ3) is 1.19. The fourth-order valence-corrected chi connectivity index (χ4v) is 5.29. The van der Waals surface area contributed by atoms with Gasteiger partial charge < -0.3 is 4.74 Å². The summed E-state index contributed by atoms with van der Waals surface area (Å²) in [6.07, 6.45) is 10.3. The summed E-state index contributed by atoms with van der Waals surface area (Å²) in [6, 6.07) is 0. The zero-order chi connectivity index (χ0) is 9.99. The summed E-state index contributed by atoms with van der Waals surface area (Å²) in [5.41, 5.74) is 0. The minimum absolute atomic E-state index is 0.702. The smallest absolute Gasteiger partial charge is 0.0844 e. The maximum Gasteiger partial charge on any atom is 0.0844 e. The molecule has 7 atom stereocenters. The van der Waals surface area contributed by atoms with Crippen LogP contribution in [0.1, 0.15) is 45.4 Å². The topological polar surface area (TPSA) is 12.5 Å². The lowest BCUT2D eigenvalue weighted by Gasteiger charge is -2.37. The fraction of sp³-hybridized carbons (Fsp3) is 1.00. The molecule has 0 radical (unpaired) electrons. The molecule has 0 aromatic carbocycles. The minimum atomic E-state index is 0.702. The van der Waals surface area contributed by atoms with Gasteiger partial charge in [-0.05, 0) is 55.3 Å². The molecular formula is C14H22O. The van der Waals surface area contributed by atoms with Crippen molar-refractivity contribution in [3.63, 3.8) is 0 Å². The number of rotatable bonds is 2. The number of hydrogen-bond acceptors (Lipinski definition) is 1. The molecule has 1 heterocycles. The third-order valence-corrected chi connectivity index (χ3v) is 5.85. The summed E-state index contributed by atoms with van der Waals surface area (Å²) in [5.74, 6) is 5.44. The van der Waals surface area contributed by atoms with Crippen LogP contribution in [-0.4, -0.2) is 12.2 Å². The van der Waals surface area contributed by atoms with Crippen LogP contribution in [0.4, 0.5) is 0 Å². The number of epoxide rings is 1. The van der Waals surface area contributed by atoms with E-state index in [9.17, 15) is 0 Å². The van der Waals surface area contributed by atoms with Crippen LogP contribution in [0.25, 0.3) is 0 Å². The van der Waals surface area contributed by atoms with Crippen molar-refractivity contribution in [2.24, 2.45) is 29.6 Å². The highest BCUT2D eigenvalue weighted by molar-refractivity contribution is 5.08. The van der Waals surface area contributed by atoms with E-state index in [1.54, 1.807) is 12.8 Å². The Kier molecular flexibility index (Phi) is 1.81. The van der Waals surface area contributed by atoms with Crippen LogP contribution in [0, 0.1) is 29.6 Å². The average Bonchev–Trinajstić information content (AvgIpc) is 2.76. The Balaban J connectivity index is 1.54. The summed E-state index contributed by atoms with van der Waals surface area (Å²) in [4.78, 5) is 0. The fourth-order valence-electron chi connectivity index (χ4n) is 5.29. The molecule has 1 saturated heterocycles. The summed E-state index contributed by atoms with van der Waals surface area (Å²) in [6.45, 7) is 2.35. The van der Waals surface area contributed by atoms with Crippen LogP contribution in [0.15, 0.2) is 0 Å². The van der Waals surface area contributed by atoms with E-state index in [0.29, 0.717) is 12.2 Å². The van der Waals surface area contributed by atoms with E-state index in [1.807, 2.05) is 0 Å². The Morgan fingerprint density at radius 2 is 1.73 bits per heavy atom. The van der Waals surface area contributed by atoms with Crippen LogP contribution in [0.5, 0.6) is 0 Å². The van der Waals surface area contributed by atoms with E-state index >= 15 is 0 Å². The van der Waals surface area contributed by atoms with E-state index < -0.39 is 0 Å². The first-order chi connectivity index (χ1) is 7.36. The molecular weight excluding hydrogens is 184 g/mol. The van der Waals surface area contributed by atoms with E-state index in [1.165, 1.54) is 25.7 Å². The van der Waals surface area contributed by atoms with Gasteiger partial charge in [0.1, 0.15) is 0 Å². The highest BCUT2D eigenvalue weighted by Crippen LogP contribution is 2.63. The zero-order valence-electron chi connectivity index (χ0n) is 9.69. The van der Waals surface area contributed by atoms with Gasteiger partial charge in [0.25, 0.3) is 0 Å². The van der Waals surface area contributed by atoms with Crippen molar-refractivity contribution in [3.8, 4) is 0 Å². The second-order valence-corrected chi connectivity index (χ2v) is 6.46. The Hall–Kier alpha value is -0.0400. The molecule has 7 unspecified atom stereocenters. The molecule has 4 rings (SSSR count). The predicted octanol–water partition coefficient (Wildman–Crippen LogP) is 3.24. The average molecular weight is 206 g/mol. The molecule has 0 spiro atoms. The lowest BCUT2D eigenvalue weighted by molar-refractivity contribution is 0.123. The van der Waals surface area contributed by atoms with Gasteiger partial charge in [-0.25, -0.2) is 0 Å². The molecule has 0 amide bonds. The lowest BCUT2D eigenvalue weighted by Crippen LogP contribution is -2.33. The van der Waals surface area contributed by atoms with Crippen molar-refractivity contribution in [3.05, 3.63) is 0 Å². The first kappa shape index (κ1) is 9.04. The number of hydrogen-bond donors (Lipinski definition) is 0. The highest BCUT2D eigenvalue weighted by Gasteiger charge is 2.59. The summed E-state index contributed by atoms with van der Waals surface area (Å²) >= 11 is 0. The molecule has 0 aromatic heterocycles. The first-order valence-corrected chi connectivity index (χ1v) is 7.02. The van der Waals surface area contributed by atoms with Crippen molar-refractivity contribution in [2.75, 3.05) is 0 Å². The monoisotopic (exact) mass is 206 g/mol. The molecule has 3 aliphatic carbocycles. The second-order valence-electron chi connectivity index (χ2n) is 6.46. The number of ether oxygens (including phenoxy) is 1. The molecule has 2 bridgehead atoms. The van der Waals surface area contributed by atoms with Crippen molar-refractivity contribution in [2.45, 2.75) is 57.7 Å². The van der Waals surface area contributed by atoms with Crippen LogP contribution in [-0.2, 0) is 4.74 Å². The molecule has 84 valence electrons. The molecule has 15 heavy (non-hydrogen) atoms. The van der Waals surface area contributed by atoms with Crippen LogP contribution < -0.4 is 0 Å². The molecule has 0 N–H and O–H groups in total. The van der Waals surface area contributed by atoms with E-state index in [-0.39, 0.29) is 0 Å². The SMILES string of the molecule is CCCC1CC2CC1C1CC3OC3CC21. The molecule has 3 saturated carbocycles. The van der Waals surface area contributed by atoms with Crippen molar-refractivity contribution >= 4 is 0 Å². The van der Waals surface area contributed by atoms with Gasteiger partial charge in [-0.2, -0.15) is 0 Å². The van der Waals surface area contributed by atoms with Gasteiger partial charge >= 0.3 is 0 Å². The van der Waals surface area contributed by atoms with Crippen molar-refractivity contribution in [1.82, 2.24) is 0 Å². The highest BCUT2D eigenvalue weighted by atomic mass is 16.6. The maximum absolute atomic E-state index is 5.73. The maximum atomic E-state index is 5.73. The van der Waals surface area contributed by atoms with Crippen LogP contribution >= 0.6 is 0 Å². The Morgan fingerprint density at radius 3 is 2.53 bits per heavy atom.